The molecule has 80 valence electrons. The number of benzene rings is 1. The second kappa shape index (κ2) is 4.19. The lowest BCUT2D eigenvalue weighted by molar-refractivity contribution is 0.00160. The van der Waals surface area contributed by atoms with Crippen LogP contribution in [0, 0.1) is 0 Å². The number of hydrogen-bond acceptors (Lipinski definition) is 1. The molecule has 0 amide bonds. The van der Waals surface area contributed by atoms with Crippen LogP contribution in [0.1, 0.15) is 36.8 Å². The van der Waals surface area contributed by atoms with Crippen LogP contribution in [-0.4, -0.2) is 5.11 Å². The van der Waals surface area contributed by atoms with Gasteiger partial charge in [0.1, 0.15) is 0 Å². The number of allylic oxidation sites excluding steroid dienone is 1. The highest BCUT2D eigenvalue weighted by Crippen LogP contribution is 2.42. The fraction of sp³-hybridized carbons (Fsp3) is 0.429. The van der Waals surface area contributed by atoms with Crippen LogP contribution in [-0.2, 0) is 12.0 Å². The van der Waals surface area contributed by atoms with Gasteiger partial charge in [-0.25, -0.2) is 0 Å². The number of aliphatic hydroxyl groups is 1. The highest BCUT2D eigenvalue weighted by Gasteiger charge is 2.39. The molecule has 0 bridgehead atoms. The van der Waals surface area contributed by atoms with E-state index in [0.717, 1.165) is 37.7 Å². The molecule has 0 radical (unpaired) electrons. The van der Waals surface area contributed by atoms with Crippen molar-refractivity contribution in [2.45, 2.75) is 37.7 Å². The third kappa shape index (κ3) is 1.98. The Balaban J connectivity index is 1.92. The lowest BCUT2D eigenvalue weighted by Crippen LogP contribution is -2.38. The van der Waals surface area contributed by atoms with E-state index in [2.05, 4.69) is 12.6 Å². The summed E-state index contributed by atoms with van der Waals surface area (Å²) in [5.74, 6) is 0. The zero-order chi connectivity index (χ0) is 10.7. The van der Waals surface area contributed by atoms with E-state index in [4.69, 9.17) is 0 Å². The molecule has 1 nitrogen and oxygen atoms in total. The van der Waals surface area contributed by atoms with Gasteiger partial charge < -0.3 is 5.11 Å². The van der Waals surface area contributed by atoms with Crippen molar-refractivity contribution in [3.05, 3.63) is 48.0 Å². The molecule has 1 aromatic carbocycles. The zero-order valence-electron chi connectivity index (χ0n) is 9.08. The fourth-order valence-corrected chi connectivity index (χ4v) is 2.36. The van der Waals surface area contributed by atoms with E-state index in [1.54, 1.807) is 0 Å². The molecule has 1 atom stereocenters. The highest BCUT2D eigenvalue weighted by molar-refractivity contribution is 5.42. The first kappa shape index (κ1) is 10.4. The number of rotatable bonds is 5. The minimum Gasteiger partial charge on any atom is -0.385 e. The number of hydrogen-bond donors (Lipinski definition) is 1. The van der Waals surface area contributed by atoms with Crippen LogP contribution in [0.25, 0.3) is 0 Å². The maximum absolute atomic E-state index is 10.3. The van der Waals surface area contributed by atoms with Gasteiger partial charge in [0.05, 0.1) is 5.60 Å². The van der Waals surface area contributed by atoms with Crippen LogP contribution in [0.2, 0.25) is 0 Å². The minimum absolute atomic E-state index is 0.530. The average molecular weight is 202 g/mol. The second-order valence-corrected chi connectivity index (χ2v) is 4.40. The first-order valence-corrected chi connectivity index (χ1v) is 5.68. The Morgan fingerprint density at radius 3 is 2.87 bits per heavy atom. The molecule has 0 heterocycles. The summed E-state index contributed by atoms with van der Waals surface area (Å²) in [7, 11) is 0. The van der Waals surface area contributed by atoms with Crippen LogP contribution in [0.3, 0.4) is 0 Å². The third-order valence-corrected chi connectivity index (χ3v) is 3.25. The van der Waals surface area contributed by atoms with Crippen molar-refractivity contribution in [2.75, 3.05) is 0 Å². The molecule has 2 rings (SSSR count). The molecule has 0 spiro atoms. The normalized spacial score (nSPS) is 23.0. The third-order valence-electron chi connectivity index (χ3n) is 3.25. The predicted octanol–water partition coefficient (Wildman–Crippen LogP) is 3.18. The summed E-state index contributed by atoms with van der Waals surface area (Å²) < 4.78 is 0. The number of unbranched alkanes of at least 4 members (excludes halogenated alkanes) is 2. The molecular weight excluding hydrogens is 184 g/mol. The molecule has 1 aliphatic rings. The van der Waals surface area contributed by atoms with Crippen molar-refractivity contribution in [1.82, 2.24) is 0 Å². The SMILES string of the molecule is C=CCCCCC1(O)Cc2ccccc21. The summed E-state index contributed by atoms with van der Waals surface area (Å²) in [6, 6.07) is 8.20. The predicted molar refractivity (Wildman–Crippen MR) is 62.7 cm³/mol. The van der Waals surface area contributed by atoms with Gasteiger partial charge in [-0.2, -0.15) is 0 Å². The van der Waals surface area contributed by atoms with E-state index in [1.807, 2.05) is 24.3 Å². The van der Waals surface area contributed by atoms with E-state index in [0.29, 0.717) is 0 Å². The standard InChI is InChI=1S/C14H18O/c1-2-3-4-7-10-14(15)11-12-8-5-6-9-13(12)14/h2,5-6,8-9,15H,1,3-4,7,10-11H2. The van der Waals surface area contributed by atoms with Crippen LogP contribution in [0.5, 0.6) is 0 Å². The Hall–Kier alpha value is -1.08. The molecule has 0 aromatic heterocycles. The first-order valence-electron chi connectivity index (χ1n) is 5.68. The molecule has 0 saturated heterocycles. The molecule has 1 aliphatic carbocycles. The second-order valence-electron chi connectivity index (χ2n) is 4.40. The van der Waals surface area contributed by atoms with E-state index in [9.17, 15) is 5.11 Å². The topological polar surface area (TPSA) is 20.2 Å². The van der Waals surface area contributed by atoms with Gasteiger partial charge in [0.2, 0.25) is 0 Å². The first-order chi connectivity index (χ1) is 7.26. The monoisotopic (exact) mass is 202 g/mol. The van der Waals surface area contributed by atoms with Gasteiger partial charge in [0.15, 0.2) is 0 Å². The van der Waals surface area contributed by atoms with Crippen LogP contribution in [0.4, 0.5) is 0 Å². The van der Waals surface area contributed by atoms with Gasteiger partial charge in [-0.1, -0.05) is 30.3 Å². The van der Waals surface area contributed by atoms with E-state index in [1.165, 1.54) is 5.56 Å². The summed E-state index contributed by atoms with van der Waals surface area (Å²) in [5, 5.41) is 10.3. The van der Waals surface area contributed by atoms with E-state index in [-0.39, 0.29) is 0 Å². The summed E-state index contributed by atoms with van der Waals surface area (Å²) >= 11 is 0. The molecule has 0 aliphatic heterocycles. The summed E-state index contributed by atoms with van der Waals surface area (Å²) in [6.45, 7) is 3.70. The van der Waals surface area contributed by atoms with Crippen LogP contribution >= 0.6 is 0 Å². The average Bonchev–Trinajstić information content (AvgIpc) is 2.23. The van der Waals surface area contributed by atoms with Crippen molar-refractivity contribution in [2.24, 2.45) is 0 Å². The Kier molecular flexibility index (Phi) is 2.92. The van der Waals surface area contributed by atoms with Crippen LogP contribution < -0.4 is 0 Å². The van der Waals surface area contributed by atoms with E-state index >= 15 is 0 Å². The van der Waals surface area contributed by atoms with Crippen molar-refractivity contribution in [3.8, 4) is 0 Å². The van der Waals surface area contributed by atoms with Crippen molar-refractivity contribution >= 4 is 0 Å². The molecule has 0 saturated carbocycles. The number of fused-ring (bicyclic) bond motifs is 1. The van der Waals surface area contributed by atoms with Crippen molar-refractivity contribution in [3.63, 3.8) is 0 Å². The van der Waals surface area contributed by atoms with E-state index < -0.39 is 5.60 Å². The smallest absolute Gasteiger partial charge is 0.0939 e. The molecule has 15 heavy (non-hydrogen) atoms. The highest BCUT2D eigenvalue weighted by atomic mass is 16.3. The maximum atomic E-state index is 10.3. The van der Waals surface area contributed by atoms with Crippen molar-refractivity contribution < 1.29 is 5.11 Å². The molecule has 1 aromatic rings. The summed E-state index contributed by atoms with van der Waals surface area (Å²) in [4.78, 5) is 0. The summed E-state index contributed by atoms with van der Waals surface area (Å²) in [5.41, 5.74) is 1.92. The molecule has 1 N–H and O–H groups in total. The quantitative estimate of drug-likeness (QED) is 0.574. The van der Waals surface area contributed by atoms with Crippen molar-refractivity contribution in [1.29, 1.82) is 0 Å². The Bertz CT molecular complexity index is 356. The molecule has 0 fully saturated rings. The van der Waals surface area contributed by atoms with Gasteiger partial charge in [-0.05, 0) is 36.8 Å². The Morgan fingerprint density at radius 2 is 2.13 bits per heavy atom. The van der Waals surface area contributed by atoms with Crippen LogP contribution in [0.15, 0.2) is 36.9 Å². The Labute approximate surface area is 91.4 Å². The largest absolute Gasteiger partial charge is 0.385 e. The fourth-order valence-electron chi connectivity index (χ4n) is 2.36. The van der Waals surface area contributed by atoms with Gasteiger partial charge in [0.25, 0.3) is 0 Å². The summed E-state index contributed by atoms with van der Waals surface area (Å²) in [6.07, 6.45) is 6.93. The Morgan fingerprint density at radius 1 is 1.33 bits per heavy atom. The van der Waals surface area contributed by atoms with Gasteiger partial charge >= 0.3 is 0 Å². The van der Waals surface area contributed by atoms with Gasteiger partial charge in [-0.3, -0.25) is 0 Å². The zero-order valence-corrected chi connectivity index (χ0v) is 9.08. The van der Waals surface area contributed by atoms with Gasteiger partial charge in [-0.15, -0.1) is 6.58 Å². The maximum Gasteiger partial charge on any atom is 0.0939 e. The molecular formula is C14H18O. The van der Waals surface area contributed by atoms with Gasteiger partial charge in [0, 0.05) is 6.42 Å². The lowest BCUT2D eigenvalue weighted by Gasteiger charge is -2.39. The molecule has 1 unspecified atom stereocenters. The molecule has 1 heteroatoms. The minimum atomic E-state index is -0.530. The lowest BCUT2D eigenvalue weighted by atomic mass is 9.71.